The van der Waals surface area contributed by atoms with Crippen molar-refractivity contribution in [2.75, 3.05) is 6.61 Å². The minimum atomic E-state index is -0.885. The first kappa shape index (κ1) is 17.5. The van der Waals surface area contributed by atoms with Gasteiger partial charge in [-0.1, -0.05) is 12.1 Å². The molecule has 0 spiro atoms. The SMILES string of the molecule is CCOc1nccc2c(C(=O)c3c(F)cc4c(c3F)CCC4N)cccc12. The average molecular weight is 368 g/mol. The first-order chi connectivity index (χ1) is 13.0. The van der Waals surface area contributed by atoms with Crippen LogP contribution in [0, 0.1) is 11.6 Å². The van der Waals surface area contributed by atoms with Crippen molar-refractivity contribution < 1.29 is 18.3 Å². The zero-order chi connectivity index (χ0) is 19.1. The molecule has 0 saturated heterocycles. The van der Waals surface area contributed by atoms with Gasteiger partial charge in [-0.3, -0.25) is 4.79 Å². The Hall–Kier alpha value is -2.86. The van der Waals surface area contributed by atoms with Gasteiger partial charge in [-0.25, -0.2) is 13.8 Å². The molecule has 0 amide bonds. The number of carbonyl (C=O) groups is 1. The summed E-state index contributed by atoms with van der Waals surface area (Å²) in [4.78, 5) is 17.2. The number of halogens is 2. The van der Waals surface area contributed by atoms with Crippen molar-refractivity contribution in [1.29, 1.82) is 0 Å². The molecular formula is C21H18F2N2O2. The third-order valence-electron chi connectivity index (χ3n) is 4.98. The van der Waals surface area contributed by atoms with E-state index >= 15 is 0 Å². The fraction of sp³-hybridized carbons (Fsp3) is 0.238. The van der Waals surface area contributed by atoms with Gasteiger partial charge in [0.2, 0.25) is 5.88 Å². The van der Waals surface area contributed by atoms with Gasteiger partial charge in [0, 0.05) is 23.2 Å². The van der Waals surface area contributed by atoms with E-state index in [1.165, 1.54) is 12.3 Å². The molecule has 1 aliphatic rings. The summed E-state index contributed by atoms with van der Waals surface area (Å²) in [7, 11) is 0. The number of fused-ring (bicyclic) bond motifs is 2. The fourth-order valence-corrected chi connectivity index (χ4v) is 3.69. The van der Waals surface area contributed by atoms with Gasteiger partial charge in [0.15, 0.2) is 5.78 Å². The van der Waals surface area contributed by atoms with Crippen LogP contribution >= 0.6 is 0 Å². The van der Waals surface area contributed by atoms with E-state index < -0.39 is 29.0 Å². The van der Waals surface area contributed by atoms with E-state index in [2.05, 4.69) is 4.98 Å². The monoisotopic (exact) mass is 368 g/mol. The standard InChI is InChI=1S/C21H18F2N2O2/c1-2-27-21-14-5-3-4-13(11(14)8-9-25-21)20(26)18-16(22)10-15-12(19(18)23)6-7-17(15)24/h3-5,8-10,17H,2,6-7,24H2,1H3. The number of carbonyl (C=O) groups excluding carboxylic acids is 1. The minimum Gasteiger partial charge on any atom is -0.478 e. The van der Waals surface area contributed by atoms with Crippen LogP contribution in [0.5, 0.6) is 5.88 Å². The second-order valence-electron chi connectivity index (χ2n) is 6.54. The van der Waals surface area contributed by atoms with Crippen molar-refractivity contribution in [2.45, 2.75) is 25.8 Å². The maximum absolute atomic E-state index is 15.0. The Kier molecular flexibility index (Phi) is 4.36. The summed E-state index contributed by atoms with van der Waals surface area (Å²) in [6, 6.07) is 7.41. The van der Waals surface area contributed by atoms with E-state index in [-0.39, 0.29) is 5.56 Å². The third-order valence-corrected chi connectivity index (χ3v) is 4.98. The predicted molar refractivity (Wildman–Crippen MR) is 98.0 cm³/mol. The minimum absolute atomic E-state index is 0.205. The number of benzene rings is 2. The van der Waals surface area contributed by atoms with Gasteiger partial charge >= 0.3 is 0 Å². The van der Waals surface area contributed by atoms with Crippen molar-refractivity contribution in [3.05, 3.63) is 70.4 Å². The number of hydrogen-bond acceptors (Lipinski definition) is 4. The number of ether oxygens (including phenoxy) is 1. The van der Waals surface area contributed by atoms with E-state index in [4.69, 9.17) is 10.5 Å². The fourth-order valence-electron chi connectivity index (χ4n) is 3.69. The van der Waals surface area contributed by atoms with Crippen molar-refractivity contribution in [3.63, 3.8) is 0 Å². The summed E-state index contributed by atoms with van der Waals surface area (Å²) < 4.78 is 35.1. The molecule has 0 radical (unpaired) electrons. The Morgan fingerprint density at radius 3 is 2.89 bits per heavy atom. The Bertz CT molecular complexity index is 1070. The van der Waals surface area contributed by atoms with Gasteiger partial charge < -0.3 is 10.5 Å². The van der Waals surface area contributed by atoms with Crippen LogP contribution in [0.3, 0.4) is 0 Å². The summed E-state index contributed by atoms with van der Waals surface area (Å²) in [6.45, 7) is 2.24. The smallest absolute Gasteiger partial charge is 0.221 e. The van der Waals surface area contributed by atoms with Gasteiger partial charge in [0.05, 0.1) is 12.2 Å². The van der Waals surface area contributed by atoms with Crippen LogP contribution in [-0.2, 0) is 6.42 Å². The molecule has 1 aromatic heterocycles. The number of rotatable bonds is 4. The lowest BCUT2D eigenvalue weighted by atomic mass is 9.94. The molecule has 27 heavy (non-hydrogen) atoms. The summed E-state index contributed by atoms with van der Waals surface area (Å²) in [6.07, 6.45) is 2.45. The quantitative estimate of drug-likeness (QED) is 0.705. The average Bonchev–Trinajstić information content (AvgIpc) is 3.03. The predicted octanol–water partition coefficient (Wildman–Crippen LogP) is 4.09. The maximum atomic E-state index is 15.0. The normalized spacial score (nSPS) is 15.8. The number of nitrogens with two attached hydrogens (primary N) is 1. The largest absolute Gasteiger partial charge is 0.478 e. The highest BCUT2D eigenvalue weighted by atomic mass is 19.1. The molecule has 6 heteroatoms. The van der Waals surface area contributed by atoms with Crippen LogP contribution in [-0.4, -0.2) is 17.4 Å². The molecule has 138 valence electrons. The molecule has 1 heterocycles. The lowest BCUT2D eigenvalue weighted by molar-refractivity contribution is 0.103. The van der Waals surface area contributed by atoms with Crippen molar-refractivity contribution in [1.82, 2.24) is 4.98 Å². The summed E-state index contributed by atoms with van der Waals surface area (Å²) >= 11 is 0. The molecule has 4 nitrogen and oxygen atoms in total. The number of hydrogen-bond donors (Lipinski definition) is 1. The van der Waals surface area contributed by atoms with Crippen molar-refractivity contribution in [2.24, 2.45) is 5.73 Å². The molecule has 0 aliphatic heterocycles. The van der Waals surface area contributed by atoms with Crippen LogP contribution in [0.25, 0.3) is 10.8 Å². The second-order valence-corrected chi connectivity index (χ2v) is 6.54. The molecule has 0 saturated carbocycles. The Morgan fingerprint density at radius 1 is 1.30 bits per heavy atom. The Balaban J connectivity index is 1.89. The molecule has 4 rings (SSSR count). The molecule has 0 fully saturated rings. The first-order valence-electron chi connectivity index (χ1n) is 8.84. The summed E-state index contributed by atoms with van der Waals surface area (Å²) in [5, 5.41) is 1.16. The second kappa shape index (κ2) is 6.70. The highest BCUT2D eigenvalue weighted by Gasteiger charge is 2.30. The van der Waals surface area contributed by atoms with E-state index in [1.54, 1.807) is 24.3 Å². The molecule has 1 unspecified atom stereocenters. The number of aromatic nitrogens is 1. The van der Waals surface area contributed by atoms with E-state index in [0.29, 0.717) is 47.2 Å². The number of pyridine rings is 1. The molecule has 3 aromatic rings. The van der Waals surface area contributed by atoms with E-state index in [9.17, 15) is 13.6 Å². The molecule has 2 aromatic carbocycles. The zero-order valence-electron chi connectivity index (χ0n) is 14.8. The maximum Gasteiger partial charge on any atom is 0.221 e. The lowest BCUT2D eigenvalue weighted by Gasteiger charge is -2.13. The first-order valence-corrected chi connectivity index (χ1v) is 8.84. The van der Waals surface area contributed by atoms with E-state index in [0.717, 1.165) is 0 Å². The van der Waals surface area contributed by atoms with Crippen molar-refractivity contribution >= 4 is 16.6 Å². The van der Waals surface area contributed by atoms with Crippen LogP contribution < -0.4 is 10.5 Å². The molecule has 1 aliphatic carbocycles. The number of nitrogens with zero attached hydrogens (tertiary/aromatic N) is 1. The van der Waals surface area contributed by atoms with Gasteiger partial charge in [0.25, 0.3) is 0 Å². The van der Waals surface area contributed by atoms with Crippen LogP contribution in [0.2, 0.25) is 0 Å². The van der Waals surface area contributed by atoms with Crippen molar-refractivity contribution in [3.8, 4) is 5.88 Å². The Labute approximate surface area is 155 Å². The van der Waals surface area contributed by atoms with Gasteiger partial charge in [-0.05, 0) is 54.5 Å². The molecule has 2 N–H and O–H groups in total. The third kappa shape index (κ3) is 2.77. The molecule has 0 bridgehead atoms. The van der Waals surface area contributed by atoms with Crippen LogP contribution in [0.1, 0.15) is 46.4 Å². The topological polar surface area (TPSA) is 65.2 Å². The number of ketones is 1. The van der Waals surface area contributed by atoms with Gasteiger partial charge in [0.1, 0.15) is 11.6 Å². The Morgan fingerprint density at radius 2 is 2.11 bits per heavy atom. The summed E-state index contributed by atoms with van der Waals surface area (Å²) in [5.74, 6) is -2.01. The van der Waals surface area contributed by atoms with Crippen LogP contribution in [0.15, 0.2) is 36.5 Å². The highest BCUT2D eigenvalue weighted by Crippen LogP contribution is 2.35. The highest BCUT2D eigenvalue weighted by molar-refractivity contribution is 6.17. The molecule has 1 atom stereocenters. The summed E-state index contributed by atoms with van der Waals surface area (Å²) in [5.41, 5.74) is 6.35. The lowest BCUT2D eigenvalue weighted by Crippen LogP contribution is -2.12. The van der Waals surface area contributed by atoms with E-state index in [1.807, 2.05) is 6.92 Å². The van der Waals surface area contributed by atoms with Gasteiger partial charge in [-0.15, -0.1) is 0 Å². The van der Waals surface area contributed by atoms with Gasteiger partial charge in [-0.2, -0.15) is 0 Å². The van der Waals surface area contributed by atoms with Crippen LogP contribution in [0.4, 0.5) is 8.78 Å². The zero-order valence-corrected chi connectivity index (χ0v) is 14.8. The molecular weight excluding hydrogens is 350 g/mol.